The van der Waals surface area contributed by atoms with Crippen LogP contribution >= 0.6 is 0 Å². The lowest BCUT2D eigenvalue weighted by molar-refractivity contribution is -0.117. The number of allylic oxidation sites excluding steroid dienone is 2. The van der Waals surface area contributed by atoms with E-state index < -0.39 is 0 Å². The zero-order valence-corrected chi connectivity index (χ0v) is 7.52. The zero-order chi connectivity index (χ0) is 8.69. The molecule has 0 unspecified atom stereocenters. The van der Waals surface area contributed by atoms with Crippen LogP contribution < -0.4 is 0 Å². The van der Waals surface area contributed by atoms with Crippen molar-refractivity contribution in [2.75, 3.05) is 7.11 Å². The third-order valence-corrected chi connectivity index (χ3v) is 1.49. The maximum atomic E-state index is 10.5. The van der Waals surface area contributed by atoms with Gasteiger partial charge in [0.2, 0.25) is 0 Å². The number of carbonyl (C=O) groups is 1. The summed E-state index contributed by atoms with van der Waals surface area (Å²) in [5.74, 6) is 1.18. The van der Waals surface area contributed by atoms with Crippen molar-refractivity contribution in [3.05, 3.63) is 11.8 Å². The standard InChI is InChI=1S/C9H16O2/c1-8(10)6-4-5-7-9(2)11-3/h7H,4-6H2,1-3H3/b9-7-. The van der Waals surface area contributed by atoms with Crippen molar-refractivity contribution in [3.63, 3.8) is 0 Å². The molecule has 0 heterocycles. The number of hydrogen-bond donors (Lipinski definition) is 0. The summed E-state index contributed by atoms with van der Waals surface area (Å²) < 4.78 is 4.93. The Labute approximate surface area is 68.2 Å². The van der Waals surface area contributed by atoms with Crippen molar-refractivity contribution in [2.24, 2.45) is 0 Å². The molecule has 0 amide bonds. The maximum absolute atomic E-state index is 10.5. The summed E-state index contributed by atoms with van der Waals surface area (Å²) in [6, 6.07) is 0. The van der Waals surface area contributed by atoms with Gasteiger partial charge in [-0.1, -0.05) is 0 Å². The molecule has 11 heavy (non-hydrogen) atoms. The fraction of sp³-hybridized carbons (Fsp3) is 0.667. The highest BCUT2D eigenvalue weighted by Gasteiger charge is 1.91. The molecular formula is C9H16O2. The second kappa shape index (κ2) is 5.96. The predicted molar refractivity (Wildman–Crippen MR) is 45.3 cm³/mol. The predicted octanol–water partition coefficient (Wildman–Crippen LogP) is 2.30. The second-order valence-corrected chi connectivity index (χ2v) is 2.61. The van der Waals surface area contributed by atoms with Crippen LogP contribution in [0.3, 0.4) is 0 Å². The molecule has 0 bridgehead atoms. The molecule has 0 N–H and O–H groups in total. The minimum absolute atomic E-state index is 0.258. The van der Waals surface area contributed by atoms with Crippen LogP contribution in [0.1, 0.15) is 33.1 Å². The van der Waals surface area contributed by atoms with Gasteiger partial charge < -0.3 is 9.53 Å². The second-order valence-electron chi connectivity index (χ2n) is 2.61. The fourth-order valence-corrected chi connectivity index (χ4v) is 0.740. The minimum Gasteiger partial charge on any atom is -0.502 e. The Hall–Kier alpha value is -0.790. The summed E-state index contributed by atoms with van der Waals surface area (Å²) in [6.07, 6.45) is 4.53. The fourth-order valence-electron chi connectivity index (χ4n) is 0.740. The third-order valence-electron chi connectivity index (χ3n) is 1.49. The minimum atomic E-state index is 0.258. The zero-order valence-electron chi connectivity index (χ0n) is 7.52. The molecule has 0 aliphatic heterocycles. The van der Waals surface area contributed by atoms with E-state index in [0.717, 1.165) is 18.6 Å². The van der Waals surface area contributed by atoms with Crippen LogP contribution in [0.4, 0.5) is 0 Å². The molecule has 0 aromatic carbocycles. The normalized spacial score (nSPS) is 11.4. The lowest BCUT2D eigenvalue weighted by atomic mass is 10.2. The highest BCUT2D eigenvalue weighted by molar-refractivity contribution is 5.75. The SMILES string of the molecule is CO/C(C)=C\CCCC(C)=O. The van der Waals surface area contributed by atoms with Crippen LogP contribution in [-0.4, -0.2) is 12.9 Å². The van der Waals surface area contributed by atoms with Crippen molar-refractivity contribution in [1.82, 2.24) is 0 Å². The van der Waals surface area contributed by atoms with Crippen molar-refractivity contribution < 1.29 is 9.53 Å². The van der Waals surface area contributed by atoms with E-state index in [4.69, 9.17) is 4.74 Å². The number of ether oxygens (including phenoxy) is 1. The molecule has 0 aromatic heterocycles. The highest BCUT2D eigenvalue weighted by Crippen LogP contribution is 2.01. The van der Waals surface area contributed by atoms with Gasteiger partial charge in [0.05, 0.1) is 12.9 Å². The smallest absolute Gasteiger partial charge is 0.129 e. The van der Waals surface area contributed by atoms with E-state index in [1.54, 1.807) is 14.0 Å². The van der Waals surface area contributed by atoms with Gasteiger partial charge in [0.25, 0.3) is 0 Å². The van der Waals surface area contributed by atoms with Gasteiger partial charge >= 0.3 is 0 Å². The molecule has 2 heteroatoms. The van der Waals surface area contributed by atoms with E-state index in [-0.39, 0.29) is 5.78 Å². The van der Waals surface area contributed by atoms with Gasteiger partial charge in [-0.2, -0.15) is 0 Å². The molecule has 0 aliphatic rings. The molecule has 0 atom stereocenters. The van der Waals surface area contributed by atoms with Crippen LogP contribution in [0.5, 0.6) is 0 Å². The molecule has 0 aliphatic carbocycles. The topological polar surface area (TPSA) is 26.3 Å². The Kier molecular flexibility index (Phi) is 5.53. The molecule has 64 valence electrons. The van der Waals surface area contributed by atoms with Gasteiger partial charge in [-0.25, -0.2) is 0 Å². The van der Waals surface area contributed by atoms with E-state index in [9.17, 15) is 4.79 Å². The Morgan fingerprint density at radius 1 is 1.45 bits per heavy atom. The van der Waals surface area contributed by atoms with Gasteiger partial charge in [-0.15, -0.1) is 0 Å². The first-order valence-corrected chi connectivity index (χ1v) is 3.87. The van der Waals surface area contributed by atoms with Gasteiger partial charge in [-0.3, -0.25) is 0 Å². The van der Waals surface area contributed by atoms with Gasteiger partial charge in [0.1, 0.15) is 5.78 Å². The monoisotopic (exact) mass is 156 g/mol. The highest BCUT2D eigenvalue weighted by atomic mass is 16.5. The van der Waals surface area contributed by atoms with Crippen LogP contribution in [0.25, 0.3) is 0 Å². The summed E-state index contributed by atoms with van der Waals surface area (Å²) in [5, 5.41) is 0. The van der Waals surface area contributed by atoms with E-state index >= 15 is 0 Å². The molecule has 0 spiro atoms. The summed E-state index contributed by atoms with van der Waals surface area (Å²) >= 11 is 0. The number of ketones is 1. The molecular weight excluding hydrogens is 140 g/mol. The molecule has 0 saturated carbocycles. The van der Waals surface area contributed by atoms with Crippen molar-refractivity contribution in [3.8, 4) is 0 Å². The molecule has 0 rings (SSSR count). The summed E-state index contributed by atoms with van der Waals surface area (Å²) in [6.45, 7) is 3.53. The average molecular weight is 156 g/mol. The molecule has 0 fully saturated rings. The Bertz CT molecular complexity index is 148. The molecule has 0 saturated heterocycles. The van der Waals surface area contributed by atoms with Crippen LogP contribution in [0.15, 0.2) is 11.8 Å². The summed E-state index contributed by atoms with van der Waals surface area (Å²) in [4.78, 5) is 10.5. The first kappa shape index (κ1) is 10.2. The number of rotatable bonds is 5. The number of hydrogen-bond acceptors (Lipinski definition) is 2. The maximum Gasteiger partial charge on any atom is 0.129 e. The first-order valence-electron chi connectivity index (χ1n) is 3.87. The number of unbranched alkanes of at least 4 members (excludes halogenated alkanes) is 1. The van der Waals surface area contributed by atoms with E-state index in [1.165, 1.54) is 0 Å². The summed E-state index contributed by atoms with van der Waals surface area (Å²) in [5.41, 5.74) is 0. The lowest BCUT2D eigenvalue weighted by Crippen LogP contribution is -1.88. The van der Waals surface area contributed by atoms with Crippen LogP contribution in [0, 0.1) is 0 Å². The van der Waals surface area contributed by atoms with Crippen molar-refractivity contribution in [2.45, 2.75) is 33.1 Å². The number of methoxy groups -OCH3 is 1. The van der Waals surface area contributed by atoms with Gasteiger partial charge in [-0.05, 0) is 32.8 Å². The van der Waals surface area contributed by atoms with Gasteiger partial charge in [0, 0.05) is 6.42 Å². The number of carbonyl (C=O) groups excluding carboxylic acids is 1. The quantitative estimate of drug-likeness (QED) is 0.451. The average Bonchev–Trinajstić information content (AvgIpc) is 1.97. The van der Waals surface area contributed by atoms with E-state index in [0.29, 0.717) is 6.42 Å². The van der Waals surface area contributed by atoms with Crippen molar-refractivity contribution >= 4 is 5.78 Å². The Morgan fingerprint density at radius 2 is 2.09 bits per heavy atom. The van der Waals surface area contributed by atoms with Crippen molar-refractivity contribution in [1.29, 1.82) is 0 Å². The lowest BCUT2D eigenvalue weighted by Gasteiger charge is -1.97. The van der Waals surface area contributed by atoms with Gasteiger partial charge in [0.15, 0.2) is 0 Å². The molecule has 2 nitrogen and oxygen atoms in total. The van der Waals surface area contributed by atoms with Crippen LogP contribution in [0.2, 0.25) is 0 Å². The van der Waals surface area contributed by atoms with E-state index in [2.05, 4.69) is 0 Å². The third kappa shape index (κ3) is 7.10. The molecule has 0 radical (unpaired) electrons. The largest absolute Gasteiger partial charge is 0.502 e. The first-order chi connectivity index (χ1) is 5.16. The number of Topliss-reactive ketones (excluding diaryl/α,β-unsaturated/α-hetero) is 1. The molecule has 0 aromatic rings. The summed E-state index contributed by atoms with van der Waals surface area (Å²) in [7, 11) is 1.65. The Morgan fingerprint density at radius 3 is 2.55 bits per heavy atom. The van der Waals surface area contributed by atoms with Crippen LogP contribution in [-0.2, 0) is 9.53 Å². The Balaban J connectivity index is 3.33. The van der Waals surface area contributed by atoms with E-state index in [1.807, 2.05) is 13.0 Å².